The molecule has 130 valence electrons. The van der Waals surface area contributed by atoms with Crippen LogP contribution in [-0.4, -0.2) is 20.3 Å². The maximum Gasteiger partial charge on any atom is 0.417 e. The van der Waals surface area contributed by atoms with Crippen LogP contribution in [0, 0.1) is 6.92 Å². The van der Waals surface area contributed by atoms with E-state index in [2.05, 4.69) is 15.3 Å². The van der Waals surface area contributed by atoms with Crippen molar-refractivity contribution < 1.29 is 18.0 Å². The number of fused-ring (bicyclic) bond motifs is 1. The van der Waals surface area contributed by atoms with Gasteiger partial charge in [-0.05, 0) is 37.6 Å². The van der Waals surface area contributed by atoms with Gasteiger partial charge in [-0.2, -0.15) is 13.2 Å². The van der Waals surface area contributed by atoms with Crippen molar-refractivity contribution in [2.24, 2.45) is 0 Å². The second kappa shape index (κ2) is 6.54. The molecular weight excluding hydrogens is 333 g/mol. The molecule has 0 spiro atoms. The first-order valence-electron chi connectivity index (χ1n) is 7.60. The average molecular weight is 348 g/mol. The third-order valence-electron chi connectivity index (χ3n) is 3.78. The number of alkyl halides is 3. The van der Waals surface area contributed by atoms with E-state index in [1.54, 1.807) is 0 Å². The smallest absolute Gasteiger partial charge is 0.311 e. The highest BCUT2D eigenvalue weighted by atomic mass is 19.4. The Morgan fingerprint density at radius 1 is 1.24 bits per heavy atom. The molecule has 1 amide bonds. The zero-order chi connectivity index (χ0) is 18.0. The van der Waals surface area contributed by atoms with Gasteiger partial charge in [-0.25, -0.2) is 9.97 Å². The molecule has 3 heterocycles. The molecule has 0 atom stereocenters. The van der Waals surface area contributed by atoms with Crippen molar-refractivity contribution in [3.8, 4) is 0 Å². The Bertz CT molecular complexity index is 900. The third kappa shape index (κ3) is 3.78. The van der Waals surface area contributed by atoms with Gasteiger partial charge in [0.15, 0.2) is 0 Å². The van der Waals surface area contributed by atoms with Crippen molar-refractivity contribution >= 4 is 17.4 Å². The molecule has 3 rings (SSSR count). The predicted octanol–water partition coefficient (Wildman–Crippen LogP) is 3.63. The second-order valence-electron chi connectivity index (χ2n) is 5.55. The summed E-state index contributed by atoms with van der Waals surface area (Å²) in [7, 11) is 0. The summed E-state index contributed by atoms with van der Waals surface area (Å²) in [5, 5.41) is 2.50. The normalized spacial score (nSPS) is 11.7. The van der Waals surface area contributed by atoms with Gasteiger partial charge in [0, 0.05) is 24.5 Å². The number of rotatable bonds is 4. The fourth-order valence-electron chi connectivity index (χ4n) is 2.54. The highest BCUT2D eigenvalue weighted by molar-refractivity contribution is 5.89. The van der Waals surface area contributed by atoms with Crippen LogP contribution in [-0.2, 0) is 17.4 Å². The summed E-state index contributed by atoms with van der Waals surface area (Å²) in [4.78, 5) is 20.1. The van der Waals surface area contributed by atoms with Crippen molar-refractivity contribution in [1.29, 1.82) is 0 Å². The van der Waals surface area contributed by atoms with Crippen LogP contribution in [0.4, 0.5) is 19.0 Å². The monoisotopic (exact) mass is 348 g/mol. The number of hydrogen-bond acceptors (Lipinski definition) is 3. The summed E-state index contributed by atoms with van der Waals surface area (Å²) >= 11 is 0. The van der Waals surface area contributed by atoms with Crippen LogP contribution in [0.3, 0.4) is 0 Å². The van der Waals surface area contributed by atoms with E-state index in [0.29, 0.717) is 12.6 Å². The number of carbonyl (C=O) groups excluding carboxylic acids is 1. The summed E-state index contributed by atoms with van der Waals surface area (Å²) in [6.07, 6.45) is -1.24. The van der Waals surface area contributed by atoms with Crippen molar-refractivity contribution in [2.75, 3.05) is 5.32 Å². The zero-order valence-electron chi connectivity index (χ0n) is 13.3. The number of amides is 1. The Balaban J connectivity index is 1.64. The van der Waals surface area contributed by atoms with Crippen LogP contribution in [0.5, 0.6) is 0 Å². The van der Waals surface area contributed by atoms with Crippen LogP contribution in [0.1, 0.15) is 23.4 Å². The van der Waals surface area contributed by atoms with Crippen LogP contribution in [0.15, 0.2) is 42.7 Å². The molecule has 8 heteroatoms. The minimum atomic E-state index is -4.45. The first-order valence-corrected chi connectivity index (χ1v) is 7.60. The van der Waals surface area contributed by atoms with Crippen molar-refractivity contribution in [3.05, 3.63) is 59.7 Å². The highest BCUT2D eigenvalue weighted by Gasteiger charge is 2.30. The molecule has 0 aliphatic carbocycles. The summed E-state index contributed by atoms with van der Waals surface area (Å²) in [5.41, 5.74) is 1.71. The number of imidazole rings is 1. The van der Waals surface area contributed by atoms with Crippen molar-refractivity contribution in [3.63, 3.8) is 0 Å². The van der Waals surface area contributed by atoms with Crippen LogP contribution in [0.25, 0.3) is 5.65 Å². The Morgan fingerprint density at radius 2 is 2.04 bits per heavy atom. The Hall–Kier alpha value is -2.90. The summed E-state index contributed by atoms with van der Waals surface area (Å²) in [6, 6.07) is 7.67. The van der Waals surface area contributed by atoms with Gasteiger partial charge in [-0.1, -0.05) is 6.07 Å². The van der Waals surface area contributed by atoms with Gasteiger partial charge in [0.25, 0.3) is 0 Å². The average Bonchev–Trinajstić information content (AvgIpc) is 2.88. The van der Waals surface area contributed by atoms with E-state index in [4.69, 9.17) is 0 Å². The molecule has 0 aromatic carbocycles. The van der Waals surface area contributed by atoms with Gasteiger partial charge < -0.3 is 9.72 Å². The van der Waals surface area contributed by atoms with E-state index < -0.39 is 11.7 Å². The summed E-state index contributed by atoms with van der Waals surface area (Å²) < 4.78 is 39.4. The molecule has 1 N–H and O–H groups in total. The number of carbonyl (C=O) groups is 1. The Labute approximate surface area is 141 Å². The lowest BCUT2D eigenvalue weighted by atomic mass is 10.2. The van der Waals surface area contributed by atoms with Crippen LogP contribution < -0.4 is 5.32 Å². The molecule has 3 aromatic rings. The van der Waals surface area contributed by atoms with E-state index >= 15 is 0 Å². The largest absolute Gasteiger partial charge is 0.417 e. The Morgan fingerprint density at radius 3 is 2.72 bits per heavy atom. The van der Waals surface area contributed by atoms with Gasteiger partial charge in [-0.3, -0.25) is 4.79 Å². The van der Waals surface area contributed by atoms with Crippen LogP contribution >= 0.6 is 0 Å². The van der Waals surface area contributed by atoms with Gasteiger partial charge in [0.2, 0.25) is 5.91 Å². The highest BCUT2D eigenvalue weighted by Crippen LogP contribution is 2.28. The molecular formula is C17H15F3N4O. The molecule has 0 bridgehead atoms. The van der Waals surface area contributed by atoms with Crippen LogP contribution in [0.2, 0.25) is 0 Å². The first-order chi connectivity index (χ1) is 11.8. The SMILES string of the molecule is Cc1nc2ccccn2c1CCC(=O)Nc1ccc(C(F)(F)F)cn1. The number of pyridine rings is 2. The van der Waals surface area contributed by atoms with E-state index in [0.717, 1.165) is 29.2 Å². The number of hydrogen-bond donors (Lipinski definition) is 1. The van der Waals surface area contributed by atoms with Crippen molar-refractivity contribution in [2.45, 2.75) is 25.9 Å². The molecule has 0 unspecified atom stereocenters. The third-order valence-corrected chi connectivity index (χ3v) is 3.78. The molecule has 0 saturated heterocycles. The summed E-state index contributed by atoms with van der Waals surface area (Å²) in [5.74, 6) is -0.231. The predicted molar refractivity (Wildman–Crippen MR) is 86.1 cm³/mol. The van der Waals surface area contributed by atoms with Gasteiger partial charge >= 0.3 is 6.18 Å². The quantitative estimate of drug-likeness (QED) is 0.783. The fourth-order valence-corrected chi connectivity index (χ4v) is 2.54. The first kappa shape index (κ1) is 16.9. The molecule has 5 nitrogen and oxygen atoms in total. The molecule has 0 fully saturated rings. The van der Waals surface area contributed by atoms with E-state index in [9.17, 15) is 18.0 Å². The minimum Gasteiger partial charge on any atom is -0.311 e. The number of halogens is 3. The van der Waals surface area contributed by atoms with E-state index in [1.165, 1.54) is 0 Å². The zero-order valence-corrected chi connectivity index (χ0v) is 13.3. The fraction of sp³-hybridized carbons (Fsp3) is 0.235. The topological polar surface area (TPSA) is 59.3 Å². The van der Waals surface area contributed by atoms with Gasteiger partial charge in [0.1, 0.15) is 11.5 Å². The maximum absolute atomic E-state index is 12.5. The Kier molecular flexibility index (Phi) is 4.43. The molecule has 0 aliphatic rings. The summed E-state index contributed by atoms with van der Waals surface area (Å²) in [6.45, 7) is 1.87. The molecule has 0 saturated carbocycles. The number of anilines is 1. The van der Waals surface area contributed by atoms with E-state index in [1.807, 2.05) is 35.7 Å². The van der Waals surface area contributed by atoms with Crippen molar-refractivity contribution in [1.82, 2.24) is 14.4 Å². The number of nitrogens with one attached hydrogen (secondary N) is 1. The number of aryl methyl sites for hydroxylation is 2. The molecule has 0 aliphatic heterocycles. The number of nitrogens with zero attached hydrogens (tertiary/aromatic N) is 3. The lowest BCUT2D eigenvalue weighted by molar-refractivity contribution is -0.137. The standard InChI is InChI=1S/C17H15F3N4O/c1-11-13(24-9-3-2-4-15(24)22-11)6-8-16(25)23-14-7-5-12(10-21-14)17(18,19)20/h2-5,7,9-10H,6,8H2,1H3,(H,21,23,25). The minimum absolute atomic E-state index is 0.0906. The molecule has 25 heavy (non-hydrogen) atoms. The molecule has 3 aromatic heterocycles. The molecule has 0 radical (unpaired) electrons. The number of aromatic nitrogens is 3. The maximum atomic E-state index is 12.5. The van der Waals surface area contributed by atoms with Gasteiger partial charge in [-0.15, -0.1) is 0 Å². The lowest BCUT2D eigenvalue weighted by Gasteiger charge is -2.08. The van der Waals surface area contributed by atoms with Gasteiger partial charge in [0.05, 0.1) is 11.3 Å². The van der Waals surface area contributed by atoms with E-state index in [-0.39, 0.29) is 18.1 Å². The lowest BCUT2D eigenvalue weighted by Crippen LogP contribution is -2.14. The second-order valence-corrected chi connectivity index (χ2v) is 5.55.